The molecule has 0 saturated heterocycles. The van der Waals surface area contributed by atoms with Crippen LogP contribution in [0.1, 0.15) is 6.42 Å². The minimum atomic E-state index is -0.0392. The van der Waals surface area contributed by atoms with Gasteiger partial charge in [0, 0.05) is 17.8 Å². The lowest BCUT2D eigenvalue weighted by atomic mass is 10.1. The number of rotatable bonds is 6. The summed E-state index contributed by atoms with van der Waals surface area (Å²) in [5.74, 6) is 0.767. The Bertz CT molecular complexity index is 845. The lowest BCUT2D eigenvalue weighted by Gasteiger charge is -2.09. The van der Waals surface area contributed by atoms with Gasteiger partial charge in [-0.3, -0.25) is 9.36 Å². The SMILES string of the molecule is O=c1c(-c2ccccc2)cncn1CCCOc1ccc(Cl)cc1. The zero-order valence-electron chi connectivity index (χ0n) is 13.1. The molecule has 1 aromatic heterocycles. The predicted molar refractivity (Wildman–Crippen MR) is 95.5 cm³/mol. The van der Waals surface area contributed by atoms with Gasteiger partial charge in [0.1, 0.15) is 5.75 Å². The molecule has 4 nitrogen and oxygen atoms in total. The van der Waals surface area contributed by atoms with E-state index in [0.717, 1.165) is 11.3 Å². The van der Waals surface area contributed by atoms with Gasteiger partial charge in [0.05, 0.1) is 18.5 Å². The molecule has 24 heavy (non-hydrogen) atoms. The average molecular weight is 341 g/mol. The Morgan fingerprint density at radius 3 is 2.54 bits per heavy atom. The quantitative estimate of drug-likeness (QED) is 0.636. The molecule has 0 bridgehead atoms. The maximum absolute atomic E-state index is 12.5. The van der Waals surface area contributed by atoms with Gasteiger partial charge in [-0.2, -0.15) is 0 Å². The molecule has 0 aliphatic rings. The Kier molecular flexibility index (Phi) is 5.29. The van der Waals surface area contributed by atoms with Crippen LogP contribution in [0.5, 0.6) is 5.75 Å². The Morgan fingerprint density at radius 1 is 1.04 bits per heavy atom. The van der Waals surface area contributed by atoms with Crippen molar-refractivity contribution in [2.75, 3.05) is 6.61 Å². The van der Waals surface area contributed by atoms with Crippen molar-refractivity contribution in [3.05, 3.63) is 82.5 Å². The Morgan fingerprint density at radius 2 is 1.79 bits per heavy atom. The topological polar surface area (TPSA) is 44.1 Å². The molecule has 3 aromatic rings. The number of benzene rings is 2. The van der Waals surface area contributed by atoms with Crippen LogP contribution < -0.4 is 10.3 Å². The molecule has 3 rings (SSSR count). The van der Waals surface area contributed by atoms with Crippen molar-refractivity contribution >= 4 is 11.6 Å². The van der Waals surface area contributed by atoms with Crippen molar-refractivity contribution < 1.29 is 4.74 Å². The molecule has 0 fully saturated rings. The highest BCUT2D eigenvalue weighted by atomic mass is 35.5. The van der Waals surface area contributed by atoms with Crippen LogP contribution in [-0.2, 0) is 6.54 Å². The largest absolute Gasteiger partial charge is 0.494 e. The van der Waals surface area contributed by atoms with Gasteiger partial charge in [0.2, 0.25) is 0 Å². The van der Waals surface area contributed by atoms with E-state index in [-0.39, 0.29) is 5.56 Å². The third-order valence-electron chi connectivity index (χ3n) is 3.61. The number of hydrogen-bond donors (Lipinski definition) is 0. The van der Waals surface area contributed by atoms with E-state index in [9.17, 15) is 4.79 Å². The molecule has 122 valence electrons. The van der Waals surface area contributed by atoms with Crippen molar-refractivity contribution in [2.45, 2.75) is 13.0 Å². The van der Waals surface area contributed by atoms with Crippen LogP contribution in [0.2, 0.25) is 5.02 Å². The maximum Gasteiger partial charge on any atom is 0.261 e. The summed E-state index contributed by atoms with van der Waals surface area (Å²) in [6.07, 6.45) is 3.89. The van der Waals surface area contributed by atoms with Crippen molar-refractivity contribution in [2.24, 2.45) is 0 Å². The van der Waals surface area contributed by atoms with E-state index in [0.29, 0.717) is 30.2 Å². The Hall–Kier alpha value is -2.59. The highest BCUT2D eigenvalue weighted by Gasteiger charge is 2.06. The van der Waals surface area contributed by atoms with E-state index in [4.69, 9.17) is 16.3 Å². The fraction of sp³-hybridized carbons (Fsp3) is 0.158. The summed E-state index contributed by atoms with van der Waals surface area (Å²) < 4.78 is 7.26. The molecule has 2 aromatic carbocycles. The second kappa shape index (κ2) is 7.79. The summed E-state index contributed by atoms with van der Waals surface area (Å²) >= 11 is 5.84. The standard InChI is InChI=1S/C19H17ClN2O2/c20-16-7-9-17(10-8-16)24-12-4-11-22-14-21-13-18(19(22)23)15-5-2-1-3-6-15/h1-3,5-10,13-14H,4,11-12H2. The highest BCUT2D eigenvalue weighted by Crippen LogP contribution is 2.16. The van der Waals surface area contributed by atoms with Gasteiger partial charge < -0.3 is 4.74 Å². The maximum atomic E-state index is 12.5. The van der Waals surface area contributed by atoms with E-state index in [1.54, 1.807) is 29.2 Å². The van der Waals surface area contributed by atoms with Gasteiger partial charge in [-0.15, -0.1) is 0 Å². The molecular formula is C19H17ClN2O2. The van der Waals surface area contributed by atoms with Crippen LogP contribution in [0.25, 0.3) is 11.1 Å². The molecule has 0 radical (unpaired) electrons. The number of nitrogens with zero attached hydrogens (tertiary/aromatic N) is 2. The molecule has 1 heterocycles. The van der Waals surface area contributed by atoms with Crippen LogP contribution in [0.15, 0.2) is 71.9 Å². The van der Waals surface area contributed by atoms with Crippen LogP contribution >= 0.6 is 11.6 Å². The van der Waals surface area contributed by atoms with E-state index in [1.165, 1.54) is 0 Å². The van der Waals surface area contributed by atoms with Gasteiger partial charge in [-0.1, -0.05) is 41.9 Å². The lowest BCUT2D eigenvalue weighted by Crippen LogP contribution is -2.22. The predicted octanol–water partition coefficient (Wildman–Crippen LogP) is 4.03. The number of aromatic nitrogens is 2. The third-order valence-corrected chi connectivity index (χ3v) is 3.86. The van der Waals surface area contributed by atoms with Gasteiger partial charge in [-0.05, 0) is 36.2 Å². The van der Waals surface area contributed by atoms with Gasteiger partial charge in [0.15, 0.2) is 0 Å². The zero-order chi connectivity index (χ0) is 16.8. The van der Waals surface area contributed by atoms with E-state index >= 15 is 0 Å². The number of halogens is 1. The first-order valence-electron chi connectivity index (χ1n) is 7.72. The molecule has 0 aliphatic carbocycles. The molecule has 0 aliphatic heterocycles. The fourth-order valence-electron chi connectivity index (χ4n) is 2.38. The molecule has 0 unspecified atom stereocenters. The Labute approximate surface area is 145 Å². The highest BCUT2D eigenvalue weighted by molar-refractivity contribution is 6.30. The molecule has 0 atom stereocenters. The number of ether oxygens (including phenoxy) is 1. The first-order valence-corrected chi connectivity index (χ1v) is 8.10. The fourth-order valence-corrected chi connectivity index (χ4v) is 2.51. The van der Waals surface area contributed by atoms with E-state index in [2.05, 4.69) is 4.98 Å². The first kappa shape index (κ1) is 16.3. The Balaban J connectivity index is 1.62. The summed E-state index contributed by atoms with van der Waals surface area (Å²) in [6.45, 7) is 1.07. The van der Waals surface area contributed by atoms with Gasteiger partial charge >= 0.3 is 0 Å². The summed E-state index contributed by atoms with van der Waals surface area (Å²) in [5, 5.41) is 0.678. The van der Waals surface area contributed by atoms with Crippen molar-refractivity contribution in [1.29, 1.82) is 0 Å². The molecule has 0 amide bonds. The van der Waals surface area contributed by atoms with Gasteiger partial charge in [0.25, 0.3) is 5.56 Å². The van der Waals surface area contributed by atoms with Crippen molar-refractivity contribution in [1.82, 2.24) is 9.55 Å². The van der Waals surface area contributed by atoms with Crippen LogP contribution in [0, 0.1) is 0 Å². The van der Waals surface area contributed by atoms with Crippen LogP contribution in [-0.4, -0.2) is 16.2 Å². The molecule has 0 saturated carbocycles. The van der Waals surface area contributed by atoms with Crippen molar-refractivity contribution in [3.63, 3.8) is 0 Å². The van der Waals surface area contributed by atoms with Crippen molar-refractivity contribution in [3.8, 4) is 16.9 Å². The molecule has 5 heteroatoms. The number of aryl methyl sites for hydroxylation is 1. The van der Waals surface area contributed by atoms with Crippen LogP contribution in [0.4, 0.5) is 0 Å². The molecular weight excluding hydrogens is 324 g/mol. The minimum Gasteiger partial charge on any atom is -0.494 e. The number of hydrogen-bond acceptors (Lipinski definition) is 3. The average Bonchev–Trinajstić information content (AvgIpc) is 2.62. The second-order valence-electron chi connectivity index (χ2n) is 5.33. The summed E-state index contributed by atoms with van der Waals surface area (Å²) in [5.41, 5.74) is 1.45. The third kappa shape index (κ3) is 4.03. The minimum absolute atomic E-state index is 0.0392. The van der Waals surface area contributed by atoms with Crippen LogP contribution in [0.3, 0.4) is 0 Å². The normalized spacial score (nSPS) is 10.5. The van der Waals surface area contributed by atoms with E-state index < -0.39 is 0 Å². The second-order valence-corrected chi connectivity index (χ2v) is 5.76. The summed E-state index contributed by atoms with van der Waals surface area (Å²) in [6, 6.07) is 16.8. The molecule has 0 spiro atoms. The smallest absolute Gasteiger partial charge is 0.261 e. The van der Waals surface area contributed by atoms with Gasteiger partial charge in [-0.25, -0.2) is 4.98 Å². The lowest BCUT2D eigenvalue weighted by molar-refractivity contribution is 0.300. The zero-order valence-corrected chi connectivity index (χ0v) is 13.8. The monoisotopic (exact) mass is 340 g/mol. The van der Waals surface area contributed by atoms with E-state index in [1.807, 2.05) is 42.5 Å². The summed E-state index contributed by atoms with van der Waals surface area (Å²) in [7, 11) is 0. The first-order chi connectivity index (χ1) is 11.7. The summed E-state index contributed by atoms with van der Waals surface area (Å²) in [4.78, 5) is 16.7. The molecule has 0 N–H and O–H groups in total.